The predicted octanol–water partition coefficient (Wildman–Crippen LogP) is 5.69. The summed E-state index contributed by atoms with van der Waals surface area (Å²) in [6.45, 7) is 3.19. The average molecular weight is 591 g/mol. The highest BCUT2D eigenvalue weighted by Gasteiger charge is 2.19. The molecule has 2 unspecified atom stereocenters. The van der Waals surface area contributed by atoms with Gasteiger partial charge in [-0.3, -0.25) is 14.4 Å². The van der Waals surface area contributed by atoms with Crippen molar-refractivity contribution in [2.45, 2.75) is 122 Å². The van der Waals surface area contributed by atoms with Crippen LogP contribution in [0.1, 0.15) is 110 Å². The molecule has 0 saturated carbocycles. The summed E-state index contributed by atoms with van der Waals surface area (Å²) in [7, 11) is 0. The van der Waals surface area contributed by atoms with Gasteiger partial charge in [-0.05, 0) is 64.2 Å². The first kappa shape index (κ1) is 38.8. The zero-order chi connectivity index (χ0) is 31.3. The number of allylic oxidation sites excluding steroid dienone is 8. The predicted molar refractivity (Wildman–Crippen MR) is 167 cm³/mol. The average Bonchev–Trinajstić information content (AvgIpc) is 2.96. The van der Waals surface area contributed by atoms with Crippen LogP contribution in [0.3, 0.4) is 0 Å². The second kappa shape index (κ2) is 27.9. The topological polar surface area (TPSA) is 142 Å². The van der Waals surface area contributed by atoms with Crippen molar-refractivity contribution in [3.05, 3.63) is 48.6 Å². The minimum atomic E-state index is -1.39. The van der Waals surface area contributed by atoms with Gasteiger partial charge in [0.2, 0.25) is 11.8 Å². The summed E-state index contributed by atoms with van der Waals surface area (Å²) in [5.41, 5.74) is 0. The Morgan fingerprint density at radius 3 is 1.90 bits per heavy atom. The van der Waals surface area contributed by atoms with Crippen molar-refractivity contribution < 1.29 is 34.1 Å². The molecular formula is C33H54N2O7. The van der Waals surface area contributed by atoms with Gasteiger partial charge in [-0.1, -0.05) is 81.7 Å². The van der Waals surface area contributed by atoms with Gasteiger partial charge in [0.25, 0.3) is 0 Å². The van der Waals surface area contributed by atoms with Crippen LogP contribution in [0.15, 0.2) is 48.6 Å². The third kappa shape index (κ3) is 24.6. The summed E-state index contributed by atoms with van der Waals surface area (Å²) in [6.07, 6.45) is 29.0. The molecule has 9 nitrogen and oxygen atoms in total. The van der Waals surface area contributed by atoms with E-state index < -0.39 is 24.5 Å². The third-order valence-corrected chi connectivity index (χ3v) is 6.35. The van der Waals surface area contributed by atoms with Crippen molar-refractivity contribution in [1.29, 1.82) is 0 Å². The molecule has 0 aromatic rings. The number of carbonyl (C=O) groups excluding carboxylic acids is 3. The molecule has 0 spiro atoms. The van der Waals surface area contributed by atoms with Crippen LogP contribution < -0.4 is 10.6 Å². The number of aliphatic hydroxyl groups is 1. The number of aliphatic hydroxyl groups excluding tert-OH is 1. The van der Waals surface area contributed by atoms with E-state index in [1.807, 2.05) is 6.08 Å². The fourth-order valence-electron chi connectivity index (χ4n) is 3.96. The lowest BCUT2D eigenvalue weighted by atomic mass is 10.0. The molecule has 9 heteroatoms. The summed E-state index contributed by atoms with van der Waals surface area (Å²) >= 11 is 0. The van der Waals surface area contributed by atoms with E-state index in [0.717, 1.165) is 70.6 Å². The molecule has 2 amide bonds. The Morgan fingerprint density at radius 2 is 1.33 bits per heavy atom. The molecule has 0 fully saturated rings. The van der Waals surface area contributed by atoms with Crippen molar-refractivity contribution in [2.75, 3.05) is 13.2 Å². The normalized spacial score (nSPS) is 13.2. The molecule has 0 heterocycles. The van der Waals surface area contributed by atoms with Crippen molar-refractivity contribution in [1.82, 2.24) is 10.6 Å². The van der Waals surface area contributed by atoms with E-state index in [0.29, 0.717) is 19.3 Å². The van der Waals surface area contributed by atoms with Gasteiger partial charge in [0.1, 0.15) is 12.1 Å². The number of aliphatic carboxylic acids is 1. The summed E-state index contributed by atoms with van der Waals surface area (Å²) < 4.78 is 5.77. The van der Waals surface area contributed by atoms with E-state index >= 15 is 0 Å². The number of ether oxygens (including phenoxy) is 1. The molecule has 0 rings (SSSR count). The van der Waals surface area contributed by atoms with E-state index in [2.05, 4.69) is 67.0 Å². The van der Waals surface area contributed by atoms with Gasteiger partial charge in [0.15, 0.2) is 0 Å². The molecular weight excluding hydrogens is 536 g/mol. The van der Waals surface area contributed by atoms with Crippen LogP contribution in [-0.4, -0.2) is 59.3 Å². The first-order chi connectivity index (χ1) is 20.3. The molecule has 0 aliphatic carbocycles. The van der Waals surface area contributed by atoms with E-state index in [9.17, 15) is 19.2 Å². The lowest BCUT2D eigenvalue weighted by Crippen LogP contribution is -2.47. The van der Waals surface area contributed by atoms with E-state index in [4.69, 9.17) is 14.9 Å². The van der Waals surface area contributed by atoms with E-state index in [1.54, 1.807) is 0 Å². The standard InChI is InChI=1S/C33H54N2O7/c1-3-5-7-8-9-10-11-12-13-14-15-16-21-25-32(39)42-28(22-18-6-4-2)23-19-17-20-24-30(37)34-26-31(38)35-29(27-36)33(40)41/h5,7,9-10,12-13,15-16,28-29,36H,3-4,6,8,11,14,17-27H2,1-2H3,(H,34,37)(H,35,38)(H,40,41)/b7-5-,10-9-,13-12-,16-15-. The first-order valence-corrected chi connectivity index (χ1v) is 15.5. The van der Waals surface area contributed by atoms with Crippen molar-refractivity contribution in [3.63, 3.8) is 0 Å². The van der Waals surface area contributed by atoms with Crippen LogP contribution in [0.4, 0.5) is 0 Å². The first-order valence-electron chi connectivity index (χ1n) is 15.5. The molecule has 2 atom stereocenters. The second-order valence-electron chi connectivity index (χ2n) is 10.2. The van der Waals surface area contributed by atoms with Crippen molar-refractivity contribution in [3.8, 4) is 0 Å². The monoisotopic (exact) mass is 590 g/mol. The fraction of sp³-hybridized carbons (Fsp3) is 0.636. The van der Waals surface area contributed by atoms with Gasteiger partial charge in [0.05, 0.1) is 13.2 Å². The number of unbranched alkanes of at least 4 members (excludes halogenated alkanes) is 4. The van der Waals surface area contributed by atoms with E-state index in [1.165, 1.54) is 0 Å². The number of hydrogen-bond acceptors (Lipinski definition) is 6. The molecule has 0 saturated heterocycles. The number of amides is 2. The highest BCUT2D eigenvalue weighted by molar-refractivity contribution is 5.87. The fourth-order valence-corrected chi connectivity index (χ4v) is 3.96. The lowest BCUT2D eigenvalue weighted by molar-refractivity contribution is -0.149. The van der Waals surface area contributed by atoms with Crippen LogP contribution in [0.5, 0.6) is 0 Å². The van der Waals surface area contributed by atoms with Gasteiger partial charge >= 0.3 is 11.9 Å². The van der Waals surface area contributed by atoms with Gasteiger partial charge in [-0.15, -0.1) is 0 Å². The van der Waals surface area contributed by atoms with Crippen LogP contribution >= 0.6 is 0 Å². The van der Waals surface area contributed by atoms with Crippen molar-refractivity contribution in [2.24, 2.45) is 0 Å². The van der Waals surface area contributed by atoms with E-state index in [-0.39, 0.29) is 30.9 Å². The molecule has 0 bridgehead atoms. The smallest absolute Gasteiger partial charge is 0.328 e. The second-order valence-corrected chi connectivity index (χ2v) is 10.2. The molecule has 0 aliphatic rings. The Balaban J connectivity index is 4.20. The van der Waals surface area contributed by atoms with Crippen LogP contribution in [-0.2, 0) is 23.9 Å². The Labute approximate surface area is 252 Å². The summed E-state index contributed by atoms with van der Waals surface area (Å²) in [5, 5.41) is 22.3. The molecule has 42 heavy (non-hydrogen) atoms. The number of esters is 1. The van der Waals surface area contributed by atoms with Gasteiger partial charge < -0.3 is 25.6 Å². The number of hydrogen-bond donors (Lipinski definition) is 4. The Hall–Kier alpha value is -3.20. The summed E-state index contributed by atoms with van der Waals surface area (Å²) in [5.74, 6) is -2.50. The summed E-state index contributed by atoms with van der Waals surface area (Å²) in [6, 6.07) is -1.39. The molecule has 0 aliphatic heterocycles. The molecule has 238 valence electrons. The van der Waals surface area contributed by atoms with Crippen molar-refractivity contribution >= 4 is 23.8 Å². The highest BCUT2D eigenvalue weighted by Crippen LogP contribution is 2.16. The molecule has 0 aromatic carbocycles. The number of carboxylic acid groups (broad SMARTS) is 1. The molecule has 0 radical (unpaired) electrons. The van der Waals surface area contributed by atoms with Gasteiger partial charge in [-0.2, -0.15) is 0 Å². The Bertz CT molecular complexity index is 864. The summed E-state index contributed by atoms with van der Waals surface area (Å²) in [4.78, 5) is 46.9. The number of rotatable bonds is 26. The number of nitrogens with one attached hydrogen (secondary N) is 2. The minimum absolute atomic E-state index is 0.118. The number of carboxylic acids is 1. The Kier molecular flexibility index (Phi) is 25.8. The maximum Gasteiger partial charge on any atom is 0.328 e. The van der Waals surface area contributed by atoms with Crippen LogP contribution in [0.2, 0.25) is 0 Å². The lowest BCUT2D eigenvalue weighted by Gasteiger charge is -2.18. The van der Waals surface area contributed by atoms with Gasteiger partial charge in [-0.25, -0.2) is 4.79 Å². The molecule has 4 N–H and O–H groups in total. The quantitative estimate of drug-likeness (QED) is 0.0576. The SMILES string of the molecule is CC/C=C\C/C=C\C/C=C\C/C=C\CCC(=O)OC(CCCCC)CCCCCC(=O)NCC(=O)NC(CO)C(=O)O. The van der Waals surface area contributed by atoms with Crippen LogP contribution in [0, 0.1) is 0 Å². The zero-order valence-corrected chi connectivity index (χ0v) is 25.7. The third-order valence-electron chi connectivity index (χ3n) is 6.35. The maximum atomic E-state index is 12.4. The number of carbonyl (C=O) groups is 4. The zero-order valence-electron chi connectivity index (χ0n) is 25.7. The maximum absolute atomic E-state index is 12.4. The minimum Gasteiger partial charge on any atom is -0.480 e. The Morgan fingerprint density at radius 1 is 0.738 bits per heavy atom. The highest BCUT2D eigenvalue weighted by atomic mass is 16.5. The largest absolute Gasteiger partial charge is 0.480 e. The van der Waals surface area contributed by atoms with Gasteiger partial charge in [0, 0.05) is 12.8 Å². The van der Waals surface area contributed by atoms with Crippen LogP contribution in [0.25, 0.3) is 0 Å². The molecule has 0 aromatic heterocycles.